The third kappa shape index (κ3) is 3.57. The number of rotatable bonds is 5. The van der Waals surface area contributed by atoms with Gasteiger partial charge in [0.15, 0.2) is 0 Å². The summed E-state index contributed by atoms with van der Waals surface area (Å²) >= 11 is 0. The normalized spacial score (nSPS) is 26.8. The van der Waals surface area contributed by atoms with E-state index in [2.05, 4.69) is 20.2 Å². The second-order valence-corrected chi connectivity index (χ2v) is 6.17. The number of halogens is 2. The largest absolute Gasteiger partial charge is 0.380 e. The molecule has 2 heterocycles. The van der Waals surface area contributed by atoms with E-state index in [1.165, 1.54) is 6.33 Å². The van der Waals surface area contributed by atoms with E-state index >= 15 is 0 Å². The molecule has 0 aromatic carbocycles. The summed E-state index contributed by atoms with van der Waals surface area (Å²) in [5, 5.41) is 2.80. The Hall–Kier alpha value is -1.83. The molecule has 6 nitrogen and oxygen atoms in total. The number of nitrogens with zero attached hydrogens (tertiary/aromatic N) is 3. The van der Waals surface area contributed by atoms with E-state index in [1.807, 2.05) is 0 Å². The molecule has 23 heavy (non-hydrogen) atoms. The molecule has 1 amide bonds. The molecule has 1 aliphatic carbocycles. The number of carbonyl (C=O) groups excluding carboxylic acids is 1. The van der Waals surface area contributed by atoms with Gasteiger partial charge in [-0.1, -0.05) is 0 Å². The van der Waals surface area contributed by atoms with E-state index in [0.717, 1.165) is 12.2 Å². The predicted molar refractivity (Wildman–Crippen MR) is 79.3 cm³/mol. The van der Waals surface area contributed by atoms with Crippen LogP contribution in [0.3, 0.4) is 0 Å². The minimum absolute atomic E-state index is 0.0272. The van der Waals surface area contributed by atoms with Crippen molar-refractivity contribution in [3.63, 3.8) is 0 Å². The summed E-state index contributed by atoms with van der Waals surface area (Å²) in [4.78, 5) is 22.1. The zero-order valence-electron chi connectivity index (χ0n) is 12.9. The van der Waals surface area contributed by atoms with Crippen LogP contribution in [-0.2, 0) is 9.53 Å². The summed E-state index contributed by atoms with van der Waals surface area (Å²) in [6, 6.07) is 1.83. The van der Waals surface area contributed by atoms with E-state index in [1.54, 1.807) is 19.4 Å². The zero-order chi connectivity index (χ0) is 16.4. The molecule has 3 rings (SSSR count). The second kappa shape index (κ2) is 6.35. The molecule has 0 bridgehead atoms. The maximum absolute atomic E-state index is 12.9. The van der Waals surface area contributed by atoms with E-state index < -0.39 is 11.8 Å². The smallest absolute Gasteiger partial charge is 0.249 e. The Bertz CT molecular complexity index is 550. The molecule has 1 aliphatic heterocycles. The SMILES string of the molecule is CO[C@@H]1C[C@H](CNC(=O)C2CC(F)(F)C2)N(c2ccncn2)C1. The van der Waals surface area contributed by atoms with Gasteiger partial charge in [0.05, 0.1) is 12.1 Å². The Balaban J connectivity index is 1.58. The fraction of sp³-hybridized carbons (Fsp3) is 0.667. The summed E-state index contributed by atoms with van der Waals surface area (Å²) in [7, 11) is 1.65. The molecule has 2 fully saturated rings. The Morgan fingerprint density at radius 2 is 2.30 bits per heavy atom. The highest BCUT2D eigenvalue weighted by Crippen LogP contribution is 2.42. The summed E-state index contributed by atoms with van der Waals surface area (Å²) in [6.07, 6.45) is 3.25. The van der Waals surface area contributed by atoms with Gasteiger partial charge in [-0.3, -0.25) is 4.79 Å². The van der Waals surface area contributed by atoms with Gasteiger partial charge in [-0.25, -0.2) is 18.7 Å². The van der Waals surface area contributed by atoms with E-state index in [0.29, 0.717) is 13.1 Å². The lowest BCUT2D eigenvalue weighted by molar-refractivity contribution is -0.150. The summed E-state index contributed by atoms with van der Waals surface area (Å²) in [6.45, 7) is 1.07. The van der Waals surface area contributed by atoms with Crippen LogP contribution in [0, 0.1) is 5.92 Å². The molecule has 8 heteroatoms. The second-order valence-electron chi connectivity index (χ2n) is 6.17. The van der Waals surface area contributed by atoms with Gasteiger partial charge < -0.3 is 15.0 Å². The van der Waals surface area contributed by atoms with Crippen LogP contribution in [-0.4, -0.2) is 54.1 Å². The minimum atomic E-state index is -2.68. The first-order chi connectivity index (χ1) is 11.0. The lowest BCUT2D eigenvalue weighted by atomic mass is 9.81. The van der Waals surface area contributed by atoms with Gasteiger partial charge in [0.2, 0.25) is 11.8 Å². The number of anilines is 1. The number of hydrogen-bond acceptors (Lipinski definition) is 5. The number of nitrogens with one attached hydrogen (secondary N) is 1. The van der Waals surface area contributed by atoms with Crippen molar-refractivity contribution in [2.75, 3.05) is 25.1 Å². The quantitative estimate of drug-likeness (QED) is 0.881. The Labute approximate surface area is 133 Å². The van der Waals surface area contributed by atoms with Gasteiger partial charge in [-0.2, -0.15) is 0 Å². The number of ether oxygens (including phenoxy) is 1. The predicted octanol–water partition coefficient (Wildman–Crippen LogP) is 1.23. The van der Waals surface area contributed by atoms with Gasteiger partial charge in [0, 0.05) is 45.2 Å². The third-order valence-electron chi connectivity index (χ3n) is 4.54. The van der Waals surface area contributed by atoms with Crippen LogP contribution in [0.1, 0.15) is 19.3 Å². The van der Waals surface area contributed by atoms with Crippen LogP contribution in [0.5, 0.6) is 0 Å². The molecule has 126 valence electrons. The fourth-order valence-electron chi connectivity index (χ4n) is 3.18. The topological polar surface area (TPSA) is 67.3 Å². The molecule has 1 aromatic rings. The number of aromatic nitrogens is 2. The summed E-state index contributed by atoms with van der Waals surface area (Å²) in [5.74, 6) is -2.77. The van der Waals surface area contributed by atoms with Crippen molar-refractivity contribution in [1.29, 1.82) is 0 Å². The van der Waals surface area contributed by atoms with E-state index in [9.17, 15) is 13.6 Å². The number of amides is 1. The van der Waals surface area contributed by atoms with Crippen molar-refractivity contribution in [3.8, 4) is 0 Å². The van der Waals surface area contributed by atoms with Gasteiger partial charge in [0.1, 0.15) is 12.1 Å². The van der Waals surface area contributed by atoms with Gasteiger partial charge in [-0.05, 0) is 12.5 Å². The standard InChI is InChI=1S/C15H20F2N4O2/c1-23-12-4-11(21(8-12)13-2-3-18-9-20-13)7-19-14(22)10-5-15(16,17)6-10/h2-3,9-12H,4-8H2,1H3,(H,19,22)/t11-,12-/m1/s1. The highest BCUT2D eigenvalue weighted by molar-refractivity contribution is 5.79. The van der Waals surface area contributed by atoms with E-state index in [4.69, 9.17) is 4.74 Å². The van der Waals surface area contributed by atoms with Crippen LogP contribution >= 0.6 is 0 Å². The van der Waals surface area contributed by atoms with Crippen LogP contribution < -0.4 is 10.2 Å². The average molecular weight is 326 g/mol. The highest BCUT2D eigenvalue weighted by Gasteiger charge is 2.48. The molecular weight excluding hydrogens is 306 g/mol. The first-order valence-corrected chi connectivity index (χ1v) is 7.69. The molecule has 1 saturated heterocycles. The monoisotopic (exact) mass is 326 g/mol. The molecule has 1 aromatic heterocycles. The zero-order valence-corrected chi connectivity index (χ0v) is 12.9. The van der Waals surface area contributed by atoms with Gasteiger partial charge >= 0.3 is 0 Å². The van der Waals surface area contributed by atoms with Crippen molar-refractivity contribution < 1.29 is 18.3 Å². The van der Waals surface area contributed by atoms with Crippen molar-refractivity contribution in [2.24, 2.45) is 5.92 Å². The highest BCUT2D eigenvalue weighted by atomic mass is 19.3. The number of hydrogen-bond donors (Lipinski definition) is 1. The van der Waals surface area contributed by atoms with Crippen LogP contribution in [0.4, 0.5) is 14.6 Å². The van der Waals surface area contributed by atoms with Crippen LogP contribution in [0.25, 0.3) is 0 Å². The maximum Gasteiger partial charge on any atom is 0.249 e. The Morgan fingerprint density at radius 1 is 1.52 bits per heavy atom. The van der Waals surface area contributed by atoms with Crippen LogP contribution in [0.2, 0.25) is 0 Å². The number of alkyl halides is 2. The summed E-state index contributed by atoms with van der Waals surface area (Å²) in [5.41, 5.74) is 0. The minimum Gasteiger partial charge on any atom is -0.380 e. The molecule has 2 atom stereocenters. The average Bonchev–Trinajstić information content (AvgIpc) is 2.94. The third-order valence-corrected chi connectivity index (χ3v) is 4.54. The maximum atomic E-state index is 12.9. The molecule has 1 N–H and O–H groups in total. The molecular formula is C15H20F2N4O2. The van der Waals surface area contributed by atoms with Gasteiger partial charge in [0.25, 0.3) is 0 Å². The van der Waals surface area contributed by atoms with Crippen LogP contribution in [0.15, 0.2) is 18.6 Å². The molecule has 2 aliphatic rings. The molecule has 1 saturated carbocycles. The van der Waals surface area contributed by atoms with Crippen molar-refractivity contribution >= 4 is 11.7 Å². The van der Waals surface area contributed by atoms with Crippen molar-refractivity contribution in [2.45, 2.75) is 37.3 Å². The lowest BCUT2D eigenvalue weighted by Crippen LogP contribution is -2.48. The van der Waals surface area contributed by atoms with E-state index in [-0.39, 0.29) is 30.9 Å². The van der Waals surface area contributed by atoms with Gasteiger partial charge in [-0.15, -0.1) is 0 Å². The summed E-state index contributed by atoms with van der Waals surface area (Å²) < 4.78 is 31.1. The first-order valence-electron chi connectivity index (χ1n) is 7.69. The lowest BCUT2D eigenvalue weighted by Gasteiger charge is -2.34. The van der Waals surface area contributed by atoms with Crippen molar-refractivity contribution in [1.82, 2.24) is 15.3 Å². The van der Waals surface area contributed by atoms with Crippen molar-refractivity contribution in [3.05, 3.63) is 18.6 Å². The Kier molecular flexibility index (Phi) is 4.43. The fourth-order valence-corrected chi connectivity index (χ4v) is 3.18. The Morgan fingerprint density at radius 3 is 2.91 bits per heavy atom. The number of methoxy groups -OCH3 is 1. The molecule has 0 radical (unpaired) electrons. The molecule has 0 unspecified atom stereocenters. The number of carbonyl (C=O) groups is 1. The first kappa shape index (κ1) is 16.0. The molecule has 0 spiro atoms.